The molecule has 1 aliphatic heterocycles. The molecule has 1 aromatic heterocycles. The molecule has 0 saturated carbocycles. The lowest BCUT2D eigenvalue weighted by molar-refractivity contribution is -0.124. The van der Waals surface area contributed by atoms with Crippen molar-refractivity contribution in [3.63, 3.8) is 0 Å². The van der Waals surface area contributed by atoms with Crippen LogP contribution >= 0.6 is 0 Å². The van der Waals surface area contributed by atoms with Gasteiger partial charge in [0.25, 0.3) is 0 Å². The number of piperidine rings is 1. The Morgan fingerprint density at radius 3 is 2.88 bits per heavy atom. The van der Waals surface area contributed by atoms with Gasteiger partial charge in [0.05, 0.1) is 24.0 Å². The summed E-state index contributed by atoms with van der Waals surface area (Å²) in [6.45, 7) is 1.56. The second kappa shape index (κ2) is 4.99. The molecule has 3 N–H and O–H groups in total. The van der Waals surface area contributed by atoms with E-state index < -0.39 is 0 Å². The number of anilines is 2. The summed E-state index contributed by atoms with van der Waals surface area (Å²) in [6.07, 6.45) is 5.08. The highest BCUT2D eigenvalue weighted by molar-refractivity contribution is 5.79. The summed E-state index contributed by atoms with van der Waals surface area (Å²) in [4.78, 5) is 22.0. The molecular weight excluding hydrogens is 218 g/mol. The van der Waals surface area contributed by atoms with Crippen LogP contribution in [0.5, 0.6) is 0 Å². The molecule has 2 heterocycles. The van der Waals surface area contributed by atoms with Gasteiger partial charge in [-0.2, -0.15) is 0 Å². The molecule has 0 radical (unpaired) electrons. The lowest BCUT2D eigenvalue weighted by Crippen LogP contribution is -2.42. The Morgan fingerprint density at radius 1 is 1.53 bits per heavy atom. The highest BCUT2D eigenvalue weighted by Crippen LogP contribution is 2.20. The Kier molecular flexibility index (Phi) is 3.41. The molecule has 1 saturated heterocycles. The molecule has 0 spiro atoms. The van der Waals surface area contributed by atoms with Gasteiger partial charge < -0.3 is 16.0 Å². The molecule has 0 aliphatic carbocycles. The SMILES string of the molecule is CNC(=O)C1CCCN(c2ncc(N)cn2)C1. The van der Waals surface area contributed by atoms with Crippen molar-refractivity contribution in [1.29, 1.82) is 0 Å². The summed E-state index contributed by atoms with van der Waals surface area (Å²) in [5.74, 6) is 0.757. The van der Waals surface area contributed by atoms with E-state index in [-0.39, 0.29) is 11.8 Å². The molecule has 2 rings (SSSR count). The lowest BCUT2D eigenvalue weighted by atomic mass is 9.97. The number of rotatable bonds is 2. The van der Waals surface area contributed by atoms with Crippen molar-refractivity contribution in [3.8, 4) is 0 Å². The number of carbonyl (C=O) groups excluding carboxylic acids is 1. The van der Waals surface area contributed by atoms with Gasteiger partial charge in [0.2, 0.25) is 11.9 Å². The molecule has 1 unspecified atom stereocenters. The minimum Gasteiger partial charge on any atom is -0.396 e. The van der Waals surface area contributed by atoms with Gasteiger partial charge in [0.1, 0.15) is 0 Å². The van der Waals surface area contributed by atoms with E-state index in [4.69, 9.17) is 5.73 Å². The number of hydrogen-bond acceptors (Lipinski definition) is 5. The Labute approximate surface area is 100 Å². The number of nitrogens with one attached hydrogen (secondary N) is 1. The van der Waals surface area contributed by atoms with Crippen molar-refractivity contribution >= 4 is 17.5 Å². The van der Waals surface area contributed by atoms with E-state index in [2.05, 4.69) is 15.3 Å². The van der Waals surface area contributed by atoms with Crippen molar-refractivity contribution in [2.24, 2.45) is 5.92 Å². The lowest BCUT2D eigenvalue weighted by Gasteiger charge is -2.31. The zero-order chi connectivity index (χ0) is 12.3. The first-order valence-electron chi connectivity index (χ1n) is 5.74. The molecule has 1 aromatic rings. The predicted octanol–water partition coefficient (Wildman–Crippen LogP) is 0.0212. The Hall–Kier alpha value is -1.85. The molecule has 0 aromatic carbocycles. The second-order valence-electron chi connectivity index (χ2n) is 4.22. The van der Waals surface area contributed by atoms with E-state index in [0.717, 1.165) is 19.4 Å². The molecule has 1 amide bonds. The maximum absolute atomic E-state index is 11.6. The first-order valence-corrected chi connectivity index (χ1v) is 5.74. The maximum Gasteiger partial charge on any atom is 0.225 e. The van der Waals surface area contributed by atoms with Crippen molar-refractivity contribution in [2.45, 2.75) is 12.8 Å². The van der Waals surface area contributed by atoms with Crippen LogP contribution in [0.1, 0.15) is 12.8 Å². The number of aromatic nitrogens is 2. The summed E-state index contributed by atoms with van der Waals surface area (Å²) in [6, 6.07) is 0. The molecule has 0 bridgehead atoms. The number of carbonyl (C=O) groups is 1. The minimum absolute atomic E-state index is 0.0231. The first kappa shape index (κ1) is 11.6. The normalized spacial score (nSPS) is 20.1. The van der Waals surface area contributed by atoms with E-state index in [0.29, 0.717) is 18.2 Å². The Bertz CT molecular complexity index is 391. The highest BCUT2D eigenvalue weighted by atomic mass is 16.1. The summed E-state index contributed by atoms with van der Waals surface area (Å²) in [5.41, 5.74) is 6.10. The van der Waals surface area contributed by atoms with Gasteiger partial charge in [-0.05, 0) is 12.8 Å². The maximum atomic E-state index is 11.6. The van der Waals surface area contributed by atoms with E-state index in [9.17, 15) is 4.79 Å². The molecule has 1 atom stereocenters. The van der Waals surface area contributed by atoms with Crippen LogP contribution in [0.25, 0.3) is 0 Å². The third-order valence-electron chi connectivity index (χ3n) is 2.98. The summed E-state index contributed by atoms with van der Waals surface area (Å²) in [7, 11) is 1.67. The third kappa shape index (κ3) is 2.64. The number of nitrogens with zero attached hydrogens (tertiary/aromatic N) is 3. The average Bonchev–Trinajstić information content (AvgIpc) is 2.39. The Balaban J connectivity index is 2.06. The van der Waals surface area contributed by atoms with Crippen LogP contribution in [0.4, 0.5) is 11.6 Å². The van der Waals surface area contributed by atoms with E-state index >= 15 is 0 Å². The molecule has 6 nitrogen and oxygen atoms in total. The third-order valence-corrected chi connectivity index (χ3v) is 2.98. The predicted molar refractivity (Wildman–Crippen MR) is 65.4 cm³/mol. The summed E-state index contributed by atoms with van der Waals surface area (Å²) in [5, 5.41) is 2.69. The quantitative estimate of drug-likeness (QED) is 0.755. The topological polar surface area (TPSA) is 84.1 Å². The van der Waals surface area contributed by atoms with Crippen molar-refractivity contribution in [2.75, 3.05) is 30.8 Å². The number of nitrogen functional groups attached to an aromatic ring is 1. The molecule has 17 heavy (non-hydrogen) atoms. The summed E-state index contributed by atoms with van der Waals surface area (Å²) < 4.78 is 0. The van der Waals surface area contributed by atoms with Crippen LogP contribution in [0, 0.1) is 5.92 Å². The number of nitrogens with two attached hydrogens (primary N) is 1. The van der Waals surface area contributed by atoms with E-state index in [1.165, 1.54) is 0 Å². The van der Waals surface area contributed by atoms with E-state index in [1.807, 2.05) is 4.90 Å². The highest BCUT2D eigenvalue weighted by Gasteiger charge is 2.26. The zero-order valence-corrected chi connectivity index (χ0v) is 9.89. The fraction of sp³-hybridized carbons (Fsp3) is 0.545. The Morgan fingerprint density at radius 2 is 2.24 bits per heavy atom. The second-order valence-corrected chi connectivity index (χ2v) is 4.22. The smallest absolute Gasteiger partial charge is 0.225 e. The molecule has 6 heteroatoms. The van der Waals surface area contributed by atoms with Crippen molar-refractivity contribution in [1.82, 2.24) is 15.3 Å². The standard InChI is InChI=1S/C11H17N5O/c1-13-10(17)8-3-2-4-16(7-8)11-14-5-9(12)6-15-11/h5-6,8H,2-4,7,12H2,1H3,(H,13,17). The van der Waals surface area contributed by atoms with Gasteiger partial charge in [0, 0.05) is 20.1 Å². The van der Waals surface area contributed by atoms with Gasteiger partial charge in [-0.3, -0.25) is 4.79 Å². The van der Waals surface area contributed by atoms with E-state index in [1.54, 1.807) is 19.4 Å². The minimum atomic E-state index is 0.0231. The molecular formula is C11H17N5O. The van der Waals surface area contributed by atoms with Gasteiger partial charge in [-0.1, -0.05) is 0 Å². The fourth-order valence-corrected chi connectivity index (χ4v) is 2.07. The zero-order valence-electron chi connectivity index (χ0n) is 9.89. The monoisotopic (exact) mass is 235 g/mol. The molecule has 92 valence electrons. The van der Waals surface area contributed by atoms with Crippen molar-refractivity contribution in [3.05, 3.63) is 12.4 Å². The van der Waals surface area contributed by atoms with Gasteiger partial charge >= 0.3 is 0 Å². The van der Waals surface area contributed by atoms with Crippen molar-refractivity contribution < 1.29 is 4.79 Å². The average molecular weight is 235 g/mol. The van der Waals surface area contributed by atoms with Gasteiger partial charge in [0.15, 0.2) is 0 Å². The van der Waals surface area contributed by atoms with Crippen LogP contribution in [0.15, 0.2) is 12.4 Å². The van der Waals surface area contributed by atoms with Crippen LogP contribution < -0.4 is 16.0 Å². The van der Waals surface area contributed by atoms with Crippen LogP contribution in [-0.4, -0.2) is 36.0 Å². The number of amides is 1. The molecule has 1 aliphatic rings. The first-order chi connectivity index (χ1) is 8.20. The largest absolute Gasteiger partial charge is 0.396 e. The number of hydrogen-bond donors (Lipinski definition) is 2. The van der Waals surface area contributed by atoms with Gasteiger partial charge in [-0.25, -0.2) is 9.97 Å². The fourth-order valence-electron chi connectivity index (χ4n) is 2.07. The van der Waals surface area contributed by atoms with Crippen LogP contribution in [-0.2, 0) is 4.79 Å². The van der Waals surface area contributed by atoms with Gasteiger partial charge in [-0.15, -0.1) is 0 Å². The van der Waals surface area contributed by atoms with Crippen LogP contribution in [0.2, 0.25) is 0 Å². The molecule has 1 fully saturated rings. The summed E-state index contributed by atoms with van der Waals surface area (Å²) >= 11 is 0. The van der Waals surface area contributed by atoms with Crippen LogP contribution in [0.3, 0.4) is 0 Å².